The lowest BCUT2D eigenvalue weighted by atomic mass is 9.93. The number of rotatable bonds is 8. The molecule has 1 saturated heterocycles. The molecule has 1 atom stereocenters. The van der Waals surface area contributed by atoms with Gasteiger partial charge in [0, 0.05) is 36.8 Å². The van der Waals surface area contributed by atoms with Gasteiger partial charge >= 0.3 is 0 Å². The van der Waals surface area contributed by atoms with Crippen LogP contribution in [0.15, 0.2) is 54.6 Å². The maximum atomic E-state index is 13.0. The predicted molar refractivity (Wildman–Crippen MR) is 126 cm³/mol. The second-order valence-corrected chi connectivity index (χ2v) is 7.92. The second-order valence-electron chi connectivity index (χ2n) is 7.92. The Morgan fingerprint density at radius 2 is 1.81 bits per heavy atom. The summed E-state index contributed by atoms with van der Waals surface area (Å²) in [6, 6.07) is 15.5. The molecular weight excluding hydrogens is 404 g/mol. The summed E-state index contributed by atoms with van der Waals surface area (Å²) >= 11 is 0. The smallest absolute Gasteiger partial charge is 0.244 e. The summed E-state index contributed by atoms with van der Waals surface area (Å²) in [6.07, 6.45) is 5.53. The van der Waals surface area contributed by atoms with Crippen LogP contribution in [0.5, 0.6) is 11.5 Å². The minimum absolute atomic E-state index is 0.0609. The molecule has 1 aliphatic heterocycles. The number of amides is 2. The van der Waals surface area contributed by atoms with Gasteiger partial charge in [-0.15, -0.1) is 0 Å². The number of likely N-dealkylation sites (tertiary alicyclic amines) is 1. The minimum atomic E-state index is -0.150. The first kappa shape index (κ1) is 23.4. The van der Waals surface area contributed by atoms with Gasteiger partial charge in [-0.3, -0.25) is 9.59 Å². The minimum Gasteiger partial charge on any atom is -0.497 e. The molecule has 0 aromatic heterocycles. The zero-order chi connectivity index (χ0) is 22.9. The topological polar surface area (TPSA) is 67.9 Å². The molecule has 3 rings (SSSR count). The van der Waals surface area contributed by atoms with Crippen LogP contribution in [0.4, 0.5) is 0 Å². The van der Waals surface area contributed by atoms with Crippen LogP contribution in [0.25, 0.3) is 6.08 Å². The quantitative estimate of drug-likeness (QED) is 0.635. The van der Waals surface area contributed by atoms with E-state index >= 15 is 0 Å². The number of methoxy groups -OCH3 is 2. The van der Waals surface area contributed by atoms with Crippen molar-refractivity contribution in [3.63, 3.8) is 0 Å². The second kappa shape index (κ2) is 11.4. The molecule has 1 fully saturated rings. The largest absolute Gasteiger partial charge is 0.497 e. The summed E-state index contributed by atoms with van der Waals surface area (Å²) in [4.78, 5) is 27.4. The van der Waals surface area contributed by atoms with Crippen molar-refractivity contribution in [3.8, 4) is 11.5 Å². The fraction of sp³-hybridized carbons (Fsp3) is 0.385. The van der Waals surface area contributed by atoms with E-state index in [0.717, 1.165) is 30.4 Å². The van der Waals surface area contributed by atoms with E-state index in [1.54, 1.807) is 26.4 Å². The molecule has 0 saturated carbocycles. The van der Waals surface area contributed by atoms with Gasteiger partial charge in [-0.25, -0.2) is 0 Å². The SMILES string of the molecule is CCC(C(=O)N1CCC(NC(=O)/C=C/c2ccc(OC)cc2OC)CC1)c1ccccc1. The monoisotopic (exact) mass is 436 g/mol. The fourth-order valence-corrected chi connectivity index (χ4v) is 4.07. The normalized spacial score (nSPS) is 15.4. The first-order valence-corrected chi connectivity index (χ1v) is 11.1. The molecule has 0 radical (unpaired) electrons. The van der Waals surface area contributed by atoms with E-state index in [2.05, 4.69) is 5.32 Å². The molecule has 1 aliphatic rings. The van der Waals surface area contributed by atoms with Gasteiger partial charge < -0.3 is 19.7 Å². The number of nitrogens with zero attached hydrogens (tertiary/aromatic N) is 1. The van der Waals surface area contributed by atoms with E-state index in [4.69, 9.17) is 9.47 Å². The third-order valence-electron chi connectivity index (χ3n) is 5.92. The van der Waals surface area contributed by atoms with Crippen molar-refractivity contribution < 1.29 is 19.1 Å². The van der Waals surface area contributed by atoms with Crippen molar-refractivity contribution in [2.45, 2.75) is 38.1 Å². The third kappa shape index (κ3) is 5.90. The number of hydrogen-bond acceptors (Lipinski definition) is 4. The fourth-order valence-electron chi connectivity index (χ4n) is 4.07. The van der Waals surface area contributed by atoms with Crippen LogP contribution in [-0.2, 0) is 9.59 Å². The summed E-state index contributed by atoms with van der Waals surface area (Å²) in [7, 11) is 3.18. The number of nitrogens with one attached hydrogen (secondary N) is 1. The Bertz CT molecular complexity index is 934. The van der Waals surface area contributed by atoms with Gasteiger partial charge in [-0.1, -0.05) is 37.3 Å². The number of benzene rings is 2. The van der Waals surface area contributed by atoms with Crippen LogP contribution in [-0.4, -0.2) is 50.1 Å². The molecule has 6 heteroatoms. The van der Waals surface area contributed by atoms with E-state index in [9.17, 15) is 9.59 Å². The first-order valence-electron chi connectivity index (χ1n) is 11.1. The van der Waals surface area contributed by atoms with Crippen LogP contribution in [0.1, 0.15) is 43.2 Å². The van der Waals surface area contributed by atoms with Crippen LogP contribution < -0.4 is 14.8 Å². The lowest BCUT2D eigenvalue weighted by Crippen LogP contribution is -2.47. The molecule has 1 heterocycles. The maximum absolute atomic E-state index is 13.0. The lowest BCUT2D eigenvalue weighted by Gasteiger charge is -2.34. The van der Waals surface area contributed by atoms with Crippen LogP contribution >= 0.6 is 0 Å². The molecule has 0 spiro atoms. The molecule has 1 N–H and O–H groups in total. The molecule has 170 valence electrons. The highest BCUT2D eigenvalue weighted by atomic mass is 16.5. The highest BCUT2D eigenvalue weighted by Gasteiger charge is 2.28. The Kier molecular flexibility index (Phi) is 8.31. The van der Waals surface area contributed by atoms with Crippen molar-refractivity contribution in [2.24, 2.45) is 0 Å². The Labute approximate surface area is 190 Å². The van der Waals surface area contributed by atoms with Crippen molar-refractivity contribution in [1.29, 1.82) is 0 Å². The maximum Gasteiger partial charge on any atom is 0.244 e. The van der Waals surface area contributed by atoms with Crippen molar-refractivity contribution in [3.05, 3.63) is 65.7 Å². The van der Waals surface area contributed by atoms with E-state index < -0.39 is 0 Å². The van der Waals surface area contributed by atoms with Crippen LogP contribution in [0, 0.1) is 0 Å². The number of carbonyl (C=O) groups excluding carboxylic acids is 2. The Hall–Kier alpha value is -3.28. The van der Waals surface area contributed by atoms with Crippen LogP contribution in [0.3, 0.4) is 0 Å². The zero-order valence-electron chi connectivity index (χ0n) is 19.0. The van der Waals surface area contributed by atoms with Gasteiger partial charge in [0.1, 0.15) is 11.5 Å². The average Bonchev–Trinajstić information content (AvgIpc) is 2.84. The van der Waals surface area contributed by atoms with E-state index in [1.165, 1.54) is 6.08 Å². The van der Waals surface area contributed by atoms with Gasteiger partial charge in [0.05, 0.1) is 20.1 Å². The summed E-state index contributed by atoms with van der Waals surface area (Å²) in [5, 5.41) is 3.05. The summed E-state index contributed by atoms with van der Waals surface area (Å²) in [5.74, 6) is 1.26. The van der Waals surface area contributed by atoms with Crippen molar-refractivity contribution >= 4 is 17.9 Å². The molecule has 1 unspecified atom stereocenters. The summed E-state index contributed by atoms with van der Waals surface area (Å²) in [6.45, 7) is 3.36. The highest BCUT2D eigenvalue weighted by molar-refractivity contribution is 5.92. The number of piperidine rings is 1. The predicted octanol–water partition coefficient (Wildman–Crippen LogP) is 4.02. The lowest BCUT2D eigenvalue weighted by molar-refractivity contribution is -0.134. The van der Waals surface area contributed by atoms with Gasteiger partial charge in [0.15, 0.2) is 0 Å². The average molecular weight is 437 g/mol. The standard InChI is InChI=1S/C26H32N2O4/c1-4-23(19-8-6-5-7-9-19)26(30)28-16-14-21(15-17-28)27-25(29)13-11-20-10-12-22(31-2)18-24(20)32-3/h5-13,18,21,23H,4,14-17H2,1-3H3,(H,27,29)/b13-11+. The number of carbonyl (C=O) groups is 2. The molecule has 0 aliphatic carbocycles. The zero-order valence-corrected chi connectivity index (χ0v) is 19.0. The summed E-state index contributed by atoms with van der Waals surface area (Å²) < 4.78 is 10.6. The molecule has 32 heavy (non-hydrogen) atoms. The third-order valence-corrected chi connectivity index (χ3v) is 5.92. The number of ether oxygens (including phenoxy) is 2. The Balaban J connectivity index is 1.52. The summed E-state index contributed by atoms with van der Waals surface area (Å²) in [5.41, 5.74) is 1.87. The van der Waals surface area contributed by atoms with Gasteiger partial charge in [-0.2, -0.15) is 0 Å². The molecular formula is C26H32N2O4. The molecule has 2 aromatic carbocycles. The van der Waals surface area contributed by atoms with E-state index in [1.807, 2.05) is 54.3 Å². The van der Waals surface area contributed by atoms with E-state index in [0.29, 0.717) is 24.6 Å². The van der Waals surface area contributed by atoms with Gasteiger partial charge in [0.2, 0.25) is 11.8 Å². The van der Waals surface area contributed by atoms with Crippen molar-refractivity contribution in [2.75, 3.05) is 27.3 Å². The molecule has 0 bridgehead atoms. The Morgan fingerprint density at radius 1 is 1.09 bits per heavy atom. The van der Waals surface area contributed by atoms with Gasteiger partial charge in [-0.05, 0) is 43.0 Å². The highest BCUT2D eigenvalue weighted by Crippen LogP contribution is 2.26. The van der Waals surface area contributed by atoms with Crippen molar-refractivity contribution in [1.82, 2.24) is 10.2 Å². The molecule has 2 amide bonds. The Morgan fingerprint density at radius 3 is 2.44 bits per heavy atom. The number of hydrogen-bond donors (Lipinski definition) is 1. The first-order chi connectivity index (χ1) is 15.5. The molecule has 2 aromatic rings. The van der Waals surface area contributed by atoms with Gasteiger partial charge in [0.25, 0.3) is 0 Å². The van der Waals surface area contributed by atoms with Crippen LogP contribution in [0.2, 0.25) is 0 Å². The van der Waals surface area contributed by atoms with E-state index in [-0.39, 0.29) is 23.8 Å². The molecule has 6 nitrogen and oxygen atoms in total.